The minimum atomic E-state index is -1.04. The molecule has 4 fully saturated rings. The third-order valence-electron chi connectivity index (χ3n) is 10.1. The number of ether oxygens (including phenoxy) is 2. The normalized spacial score (nSPS) is 30.2. The molecule has 13 heteroatoms. The molecule has 3 aliphatic heterocycles. The first-order valence-corrected chi connectivity index (χ1v) is 17.1. The zero-order valence-electron chi connectivity index (χ0n) is 24.4. The fourth-order valence-electron chi connectivity index (χ4n) is 8.36. The number of amides is 3. The summed E-state index contributed by atoms with van der Waals surface area (Å²) >= 11 is 2.78. The molecule has 0 spiro atoms. The van der Waals surface area contributed by atoms with E-state index in [0.29, 0.717) is 18.1 Å². The summed E-state index contributed by atoms with van der Waals surface area (Å²) in [5, 5.41) is 10.0. The van der Waals surface area contributed by atoms with E-state index in [9.17, 15) is 29.1 Å². The number of piperidine rings is 1. The van der Waals surface area contributed by atoms with Crippen LogP contribution < -0.4 is 14.3 Å². The quantitative estimate of drug-likeness (QED) is 0.394. The lowest BCUT2D eigenvalue weighted by molar-refractivity contribution is -0.142. The van der Waals surface area contributed by atoms with Gasteiger partial charge in [-0.2, -0.15) is 0 Å². The highest BCUT2D eigenvalue weighted by molar-refractivity contribution is 8.00. The van der Waals surface area contributed by atoms with Gasteiger partial charge in [0.1, 0.15) is 0 Å². The SMILES string of the molecule is CCOc1cc([C@H]2c3sc(=O)[nH]c3SC3C4CC(C5C(=O)N(CCC(=O)O)C(=O)C45)C32)ccc1OCC(=O)N1CCCCC1. The summed E-state index contributed by atoms with van der Waals surface area (Å²) in [6.45, 7) is 3.60. The first kappa shape index (κ1) is 29.4. The maximum Gasteiger partial charge on any atom is 0.305 e. The van der Waals surface area contributed by atoms with Crippen LogP contribution in [0.3, 0.4) is 0 Å². The van der Waals surface area contributed by atoms with Crippen LogP contribution in [0.2, 0.25) is 0 Å². The Morgan fingerprint density at radius 1 is 1.02 bits per heavy atom. The van der Waals surface area contributed by atoms with Gasteiger partial charge >= 0.3 is 10.8 Å². The monoisotopic (exact) mass is 641 g/mol. The van der Waals surface area contributed by atoms with Crippen molar-refractivity contribution in [1.82, 2.24) is 14.8 Å². The minimum Gasteiger partial charge on any atom is -0.490 e. The Bertz CT molecular complexity index is 1560. The highest BCUT2D eigenvalue weighted by Crippen LogP contribution is 2.68. The number of likely N-dealkylation sites (tertiary alicyclic amines) is 2. The van der Waals surface area contributed by atoms with E-state index >= 15 is 0 Å². The van der Waals surface area contributed by atoms with E-state index in [1.807, 2.05) is 30.0 Å². The molecule has 6 unspecified atom stereocenters. The van der Waals surface area contributed by atoms with Crippen molar-refractivity contribution in [1.29, 1.82) is 0 Å². The summed E-state index contributed by atoms with van der Waals surface area (Å²) < 4.78 is 12.0. The largest absolute Gasteiger partial charge is 0.490 e. The average molecular weight is 642 g/mol. The summed E-state index contributed by atoms with van der Waals surface area (Å²) in [5.41, 5.74) is 0.929. The second-order valence-corrected chi connectivity index (χ2v) is 14.5. The van der Waals surface area contributed by atoms with Crippen molar-refractivity contribution in [3.8, 4) is 11.5 Å². The fraction of sp³-hybridized carbons (Fsp3) is 0.581. The lowest BCUT2D eigenvalue weighted by Gasteiger charge is -2.43. The van der Waals surface area contributed by atoms with E-state index in [1.54, 1.807) is 11.8 Å². The van der Waals surface area contributed by atoms with Crippen LogP contribution in [0.4, 0.5) is 0 Å². The molecular formula is C31H35N3O8S2. The Kier molecular flexibility index (Phi) is 7.72. The number of imide groups is 1. The highest BCUT2D eigenvalue weighted by atomic mass is 32.2. The first-order valence-electron chi connectivity index (χ1n) is 15.4. The van der Waals surface area contributed by atoms with Crippen molar-refractivity contribution in [3.05, 3.63) is 38.3 Å². The molecule has 5 aliphatic rings. The number of nitrogens with zero attached hydrogens (tertiary/aromatic N) is 2. The second-order valence-electron chi connectivity index (χ2n) is 12.3. The summed E-state index contributed by atoms with van der Waals surface area (Å²) in [6.07, 6.45) is 3.62. The average Bonchev–Trinajstić information content (AvgIpc) is 3.75. The molecule has 1 aromatic carbocycles. The number of rotatable bonds is 9. The maximum absolute atomic E-state index is 13.6. The third-order valence-corrected chi connectivity index (χ3v) is 12.6. The molecule has 44 heavy (non-hydrogen) atoms. The van der Waals surface area contributed by atoms with Gasteiger partial charge in [-0.05, 0) is 68.1 Å². The Morgan fingerprint density at radius 3 is 2.50 bits per heavy atom. The Labute approximate surface area is 262 Å². The van der Waals surface area contributed by atoms with Crippen LogP contribution >= 0.6 is 23.1 Å². The third kappa shape index (κ3) is 4.83. The number of carbonyl (C=O) groups excluding carboxylic acids is 3. The molecule has 2 aliphatic carbocycles. The molecule has 4 heterocycles. The van der Waals surface area contributed by atoms with Crippen molar-refractivity contribution >= 4 is 46.8 Å². The summed E-state index contributed by atoms with van der Waals surface area (Å²) in [5.74, 6) is -1.85. The Balaban J connectivity index is 1.20. The number of benzene rings is 1. The molecule has 1 aromatic heterocycles. The van der Waals surface area contributed by atoms with Crippen molar-refractivity contribution in [2.75, 3.05) is 32.8 Å². The number of aromatic nitrogens is 1. The smallest absolute Gasteiger partial charge is 0.305 e. The number of aromatic amines is 1. The number of hydrogen-bond acceptors (Lipinski definition) is 9. The molecule has 2 aromatic rings. The Hall–Kier alpha value is -3.32. The predicted octanol–water partition coefficient (Wildman–Crippen LogP) is 3.17. The van der Waals surface area contributed by atoms with Crippen LogP contribution in [0.25, 0.3) is 0 Å². The number of thioether (sulfide) groups is 1. The number of fused-ring (bicyclic) bond motifs is 9. The first-order chi connectivity index (χ1) is 21.3. The van der Waals surface area contributed by atoms with Gasteiger partial charge < -0.3 is 24.5 Å². The van der Waals surface area contributed by atoms with Crippen molar-refractivity contribution < 1.29 is 33.8 Å². The summed E-state index contributed by atoms with van der Waals surface area (Å²) in [6, 6.07) is 5.71. The molecule has 11 nitrogen and oxygen atoms in total. The molecule has 3 amide bonds. The molecule has 7 rings (SSSR count). The van der Waals surface area contributed by atoms with Crippen LogP contribution in [0.1, 0.15) is 55.4 Å². The fourth-order valence-corrected chi connectivity index (χ4v) is 11.2. The minimum absolute atomic E-state index is 0.00305. The number of carboxylic acids is 1. The second kappa shape index (κ2) is 11.6. The number of thiazole rings is 1. The van der Waals surface area contributed by atoms with E-state index in [4.69, 9.17) is 9.47 Å². The zero-order valence-corrected chi connectivity index (χ0v) is 26.0. The van der Waals surface area contributed by atoms with Gasteiger partial charge in [0.25, 0.3) is 5.91 Å². The van der Waals surface area contributed by atoms with E-state index in [-0.39, 0.29) is 71.1 Å². The molecule has 2 bridgehead atoms. The van der Waals surface area contributed by atoms with E-state index in [0.717, 1.165) is 54.2 Å². The van der Waals surface area contributed by atoms with E-state index in [2.05, 4.69) is 4.98 Å². The number of carboxylic acid groups (broad SMARTS) is 1. The number of nitrogens with one attached hydrogen (secondary N) is 1. The highest BCUT2D eigenvalue weighted by Gasteiger charge is 2.69. The molecular weight excluding hydrogens is 606 g/mol. The van der Waals surface area contributed by atoms with Gasteiger partial charge in [-0.1, -0.05) is 17.4 Å². The van der Waals surface area contributed by atoms with Crippen molar-refractivity contribution in [2.45, 2.75) is 55.2 Å². The molecule has 0 radical (unpaired) electrons. The van der Waals surface area contributed by atoms with Gasteiger partial charge in [0.2, 0.25) is 11.8 Å². The number of carbonyl (C=O) groups is 4. The van der Waals surface area contributed by atoms with Gasteiger partial charge in [0, 0.05) is 35.7 Å². The van der Waals surface area contributed by atoms with Gasteiger partial charge in [-0.25, -0.2) is 0 Å². The van der Waals surface area contributed by atoms with E-state index in [1.165, 1.54) is 16.2 Å². The van der Waals surface area contributed by atoms with Gasteiger partial charge in [0.15, 0.2) is 18.1 Å². The summed E-state index contributed by atoms with van der Waals surface area (Å²) in [4.78, 5) is 70.4. The topological polar surface area (TPSA) is 146 Å². The predicted molar refractivity (Wildman–Crippen MR) is 161 cm³/mol. The zero-order chi connectivity index (χ0) is 30.7. The lowest BCUT2D eigenvalue weighted by Crippen LogP contribution is -2.42. The maximum atomic E-state index is 13.6. The molecule has 2 saturated carbocycles. The standard InChI is InChI=1S/C31H35N3O8S2/c1-2-41-19-12-15(6-7-18(19)42-14-20(35)33-9-4-3-5-10-33)22-23-16-13-17(26(23)43-28-27(22)44-31(40)32-28)25-24(16)29(38)34(30(25)39)11-8-21(36)37/h6-7,12,16-17,22-26H,2-5,8-11,13-14H2,1H3,(H,32,40)(H,36,37)/t16?,17?,22-,23?,24?,25?,26?/m1/s1. The van der Waals surface area contributed by atoms with Gasteiger partial charge in [0.05, 0.1) is 29.9 Å². The molecule has 2 saturated heterocycles. The lowest BCUT2D eigenvalue weighted by atomic mass is 9.68. The molecule has 2 N–H and O–H groups in total. The van der Waals surface area contributed by atoms with Crippen LogP contribution in [0.15, 0.2) is 28.0 Å². The van der Waals surface area contributed by atoms with Crippen LogP contribution in [0, 0.1) is 29.6 Å². The number of hydrogen-bond donors (Lipinski definition) is 2. The van der Waals surface area contributed by atoms with Crippen molar-refractivity contribution in [2.24, 2.45) is 29.6 Å². The van der Waals surface area contributed by atoms with Crippen LogP contribution in [-0.2, 0) is 19.2 Å². The summed E-state index contributed by atoms with van der Waals surface area (Å²) in [7, 11) is 0. The van der Waals surface area contributed by atoms with Gasteiger partial charge in [-0.3, -0.25) is 28.9 Å². The number of H-pyrrole nitrogens is 1. The van der Waals surface area contributed by atoms with Crippen LogP contribution in [0.5, 0.6) is 11.5 Å². The van der Waals surface area contributed by atoms with Gasteiger partial charge in [-0.15, -0.1) is 11.8 Å². The van der Waals surface area contributed by atoms with Crippen LogP contribution in [-0.4, -0.2) is 81.7 Å². The van der Waals surface area contributed by atoms with E-state index < -0.39 is 17.8 Å². The van der Waals surface area contributed by atoms with Crippen molar-refractivity contribution in [3.63, 3.8) is 0 Å². The number of aliphatic carboxylic acids is 1. The molecule has 7 atom stereocenters. The Morgan fingerprint density at radius 2 is 1.77 bits per heavy atom. The molecule has 234 valence electrons.